The maximum Gasteiger partial charge on any atom is 0.115 e. The average Bonchev–Trinajstić information content (AvgIpc) is 2.17. The van der Waals surface area contributed by atoms with Crippen LogP contribution in [0.25, 0.3) is 0 Å². The van der Waals surface area contributed by atoms with Crippen LogP contribution in [-0.2, 0) is 5.54 Å². The minimum absolute atomic E-state index is 0.418. The van der Waals surface area contributed by atoms with Gasteiger partial charge in [-0.2, -0.15) is 0 Å². The van der Waals surface area contributed by atoms with Crippen LogP contribution >= 0.6 is 0 Å². The molecule has 82 valence electrons. The first-order valence-electron chi connectivity index (χ1n) is 5.27. The number of hydrogen-bond donors (Lipinski definition) is 1. The Morgan fingerprint density at radius 1 is 1.40 bits per heavy atom. The zero-order chi connectivity index (χ0) is 10.9. The Morgan fingerprint density at radius 3 is 2.67 bits per heavy atom. The summed E-state index contributed by atoms with van der Waals surface area (Å²) in [5.74, 6) is 0. The van der Waals surface area contributed by atoms with Crippen LogP contribution in [0.5, 0.6) is 0 Å². The molecule has 2 rings (SSSR count). The molecular weight excluding hydrogens is 191 g/mol. The minimum atomic E-state index is -0.825. The number of alkyl halides is 1. The van der Waals surface area contributed by atoms with Gasteiger partial charge < -0.3 is 10.6 Å². The summed E-state index contributed by atoms with van der Waals surface area (Å²) >= 11 is 0. The van der Waals surface area contributed by atoms with Crippen LogP contribution < -0.4 is 5.73 Å². The molecule has 3 heteroatoms. The molecule has 1 heterocycles. The number of halogens is 1. The molecule has 0 radical (unpaired) electrons. The Balaban J connectivity index is 2.26. The Morgan fingerprint density at radius 2 is 2.07 bits per heavy atom. The van der Waals surface area contributed by atoms with Gasteiger partial charge in [0, 0.05) is 19.5 Å². The van der Waals surface area contributed by atoms with Gasteiger partial charge in [0.2, 0.25) is 0 Å². The van der Waals surface area contributed by atoms with Gasteiger partial charge in [-0.3, -0.25) is 0 Å². The third-order valence-corrected chi connectivity index (χ3v) is 3.00. The predicted molar refractivity (Wildman–Crippen MR) is 59.3 cm³/mol. The average molecular weight is 208 g/mol. The highest BCUT2D eigenvalue weighted by molar-refractivity contribution is 5.25. The van der Waals surface area contributed by atoms with Crippen molar-refractivity contribution in [1.29, 1.82) is 0 Å². The van der Waals surface area contributed by atoms with Gasteiger partial charge in [-0.05, 0) is 12.6 Å². The van der Waals surface area contributed by atoms with Crippen molar-refractivity contribution >= 4 is 0 Å². The first-order chi connectivity index (χ1) is 7.10. The van der Waals surface area contributed by atoms with Gasteiger partial charge in [0.05, 0.1) is 5.54 Å². The SMILES string of the molecule is CN1CC(F)CC(N)(c2ccccc2)C1. The molecule has 1 aliphatic rings. The summed E-state index contributed by atoms with van der Waals surface area (Å²) in [5.41, 5.74) is 6.77. The number of nitrogens with zero attached hydrogens (tertiary/aromatic N) is 1. The standard InChI is InChI=1S/C12H17FN2/c1-15-8-11(13)7-12(14,9-15)10-5-3-2-4-6-10/h2-6,11H,7-9,14H2,1H3. The summed E-state index contributed by atoms with van der Waals surface area (Å²) < 4.78 is 13.5. The number of nitrogens with two attached hydrogens (primary N) is 1. The molecule has 1 aromatic carbocycles. The van der Waals surface area contributed by atoms with E-state index in [1.54, 1.807) is 0 Å². The Labute approximate surface area is 89.9 Å². The third kappa shape index (κ3) is 2.19. The lowest BCUT2D eigenvalue weighted by atomic mass is 9.83. The summed E-state index contributed by atoms with van der Waals surface area (Å²) in [7, 11) is 1.91. The fraction of sp³-hybridized carbons (Fsp3) is 0.500. The minimum Gasteiger partial charge on any atom is -0.320 e. The summed E-state index contributed by atoms with van der Waals surface area (Å²) in [6.45, 7) is 1.21. The van der Waals surface area contributed by atoms with Crippen molar-refractivity contribution < 1.29 is 4.39 Å². The van der Waals surface area contributed by atoms with Crippen molar-refractivity contribution in [2.45, 2.75) is 18.1 Å². The molecule has 0 aliphatic carbocycles. The van der Waals surface area contributed by atoms with Gasteiger partial charge in [0.15, 0.2) is 0 Å². The summed E-state index contributed by atoms with van der Waals surface area (Å²) in [5, 5.41) is 0. The fourth-order valence-corrected chi connectivity index (χ4v) is 2.39. The first-order valence-corrected chi connectivity index (χ1v) is 5.27. The van der Waals surface area contributed by atoms with E-state index in [2.05, 4.69) is 0 Å². The predicted octanol–water partition coefficient (Wildman–Crippen LogP) is 1.51. The molecule has 1 fully saturated rings. The van der Waals surface area contributed by atoms with E-state index in [0.29, 0.717) is 13.0 Å². The van der Waals surface area contributed by atoms with Crippen molar-refractivity contribution in [3.8, 4) is 0 Å². The molecule has 2 unspecified atom stereocenters. The highest BCUT2D eigenvalue weighted by Gasteiger charge is 2.36. The largest absolute Gasteiger partial charge is 0.320 e. The van der Waals surface area contributed by atoms with Gasteiger partial charge in [0.25, 0.3) is 0 Å². The van der Waals surface area contributed by atoms with Gasteiger partial charge in [0.1, 0.15) is 6.17 Å². The first kappa shape index (κ1) is 10.6. The Kier molecular flexibility index (Phi) is 2.76. The van der Waals surface area contributed by atoms with Crippen molar-refractivity contribution in [1.82, 2.24) is 4.90 Å². The maximum absolute atomic E-state index is 13.5. The molecule has 1 aromatic rings. The highest BCUT2D eigenvalue weighted by Crippen LogP contribution is 2.29. The van der Waals surface area contributed by atoms with Crippen molar-refractivity contribution in [3.63, 3.8) is 0 Å². The lowest BCUT2D eigenvalue weighted by Gasteiger charge is -2.40. The Bertz CT molecular complexity index is 316. The van der Waals surface area contributed by atoms with Gasteiger partial charge in [-0.1, -0.05) is 30.3 Å². The van der Waals surface area contributed by atoms with E-state index in [-0.39, 0.29) is 0 Å². The molecular formula is C12H17FN2. The second-order valence-electron chi connectivity index (χ2n) is 4.52. The lowest BCUT2D eigenvalue weighted by molar-refractivity contribution is 0.0961. The zero-order valence-corrected chi connectivity index (χ0v) is 8.99. The molecule has 2 N–H and O–H groups in total. The molecule has 1 aliphatic heterocycles. The molecule has 1 saturated heterocycles. The summed E-state index contributed by atoms with van der Waals surface area (Å²) in [6, 6.07) is 9.81. The molecule has 0 aromatic heterocycles. The van der Waals surface area contributed by atoms with Crippen LogP contribution in [0.15, 0.2) is 30.3 Å². The van der Waals surface area contributed by atoms with Crippen LogP contribution in [-0.4, -0.2) is 31.2 Å². The van der Waals surface area contributed by atoms with E-state index in [1.807, 2.05) is 42.3 Å². The molecule has 0 saturated carbocycles. The van der Waals surface area contributed by atoms with E-state index in [1.165, 1.54) is 0 Å². The second-order valence-corrected chi connectivity index (χ2v) is 4.52. The molecule has 2 nitrogen and oxygen atoms in total. The normalized spacial score (nSPS) is 32.9. The van der Waals surface area contributed by atoms with E-state index >= 15 is 0 Å². The number of benzene rings is 1. The van der Waals surface area contributed by atoms with Gasteiger partial charge in [-0.25, -0.2) is 4.39 Å². The van der Waals surface area contributed by atoms with Crippen molar-refractivity contribution in [3.05, 3.63) is 35.9 Å². The maximum atomic E-state index is 13.5. The van der Waals surface area contributed by atoms with E-state index in [0.717, 1.165) is 12.1 Å². The van der Waals surface area contributed by atoms with Crippen LogP contribution in [0, 0.1) is 0 Å². The van der Waals surface area contributed by atoms with Crippen LogP contribution in [0.3, 0.4) is 0 Å². The highest BCUT2D eigenvalue weighted by atomic mass is 19.1. The van der Waals surface area contributed by atoms with Crippen LogP contribution in [0.2, 0.25) is 0 Å². The van der Waals surface area contributed by atoms with Crippen molar-refractivity contribution in [2.24, 2.45) is 5.73 Å². The molecule has 15 heavy (non-hydrogen) atoms. The second kappa shape index (κ2) is 3.91. The quantitative estimate of drug-likeness (QED) is 0.758. The molecule has 0 bridgehead atoms. The van der Waals surface area contributed by atoms with Crippen LogP contribution in [0.1, 0.15) is 12.0 Å². The lowest BCUT2D eigenvalue weighted by Crippen LogP contribution is -2.54. The van der Waals surface area contributed by atoms with Gasteiger partial charge in [-0.15, -0.1) is 0 Å². The van der Waals surface area contributed by atoms with E-state index in [9.17, 15) is 4.39 Å². The number of hydrogen-bond acceptors (Lipinski definition) is 2. The van der Waals surface area contributed by atoms with Crippen molar-refractivity contribution in [2.75, 3.05) is 20.1 Å². The summed E-state index contributed by atoms with van der Waals surface area (Å²) in [6.07, 6.45) is -0.407. The molecule has 0 spiro atoms. The number of likely N-dealkylation sites (N-methyl/N-ethyl adjacent to an activating group) is 1. The molecule has 2 atom stereocenters. The monoisotopic (exact) mass is 208 g/mol. The summed E-state index contributed by atoms with van der Waals surface area (Å²) in [4.78, 5) is 1.96. The van der Waals surface area contributed by atoms with Gasteiger partial charge >= 0.3 is 0 Å². The fourth-order valence-electron chi connectivity index (χ4n) is 2.39. The smallest absolute Gasteiger partial charge is 0.115 e. The third-order valence-electron chi connectivity index (χ3n) is 3.00. The number of piperidine rings is 1. The van der Waals surface area contributed by atoms with Crippen LogP contribution in [0.4, 0.5) is 4.39 Å². The number of likely N-dealkylation sites (tertiary alicyclic amines) is 1. The Hall–Kier alpha value is -0.930. The molecule has 0 amide bonds. The number of rotatable bonds is 1. The van der Waals surface area contributed by atoms with E-state index in [4.69, 9.17) is 5.73 Å². The van der Waals surface area contributed by atoms with E-state index < -0.39 is 11.7 Å². The topological polar surface area (TPSA) is 29.3 Å². The zero-order valence-electron chi connectivity index (χ0n) is 8.99.